The van der Waals surface area contributed by atoms with Gasteiger partial charge in [0.1, 0.15) is 33.3 Å². The highest BCUT2D eigenvalue weighted by atomic mass is 32.1. The average Bonchev–Trinajstić information content (AvgIpc) is 3.41. The number of phosphoric ester groups is 1. The summed E-state index contributed by atoms with van der Waals surface area (Å²) in [6.07, 6.45) is 0.452. The summed E-state index contributed by atoms with van der Waals surface area (Å²) in [7, 11) is 2.75. The fourth-order valence-corrected chi connectivity index (χ4v) is 4.98. The Hall–Kier alpha value is -2.81. The fraction of sp³-hybridized carbons (Fsp3) is 0.500. The number of hydrogen-bond donors (Lipinski definition) is 3. The number of hydrogen-bond acceptors (Lipinski definition) is 10. The van der Waals surface area contributed by atoms with Gasteiger partial charge in [0.25, 0.3) is 11.8 Å². The first-order valence-corrected chi connectivity index (χ1v) is 14.4. The fourth-order valence-electron chi connectivity index (χ4n) is 4.09. The molecule has 13 nitrogen and oxygen atoms in total. The molecule has 2 unspecified atom stereocenters. The molecule has 0 aromatic heterocycles. The molecule has 0 saturated carbocycles. The molecule has 5 atom stereocenters. The predicted octanol–water partition coefficient (Wildman–Crippen LogP) is 1.15. The van der Waals surface area contributed by atoms with E-state index in [2.05, 4.69) is 15.2 Å². The normalized spacial score (nSPS) is 23.6. The molecule has 2 heterocycles. The summed E-state index contributed by atoms with van der Waals surface area (Å²) >= 11 is 5.22. The Morgan fingerprint density at radius 2 is 1.82 bits per heavy atom. The van der Waals surface area contributed by atoms with Crippen LogP contribution in [0.25, 0.3) is 0 Å². The number of nitrogens with one attached hydrogen (secondary N) is 2. The predicted molar refractivity (Wildman–Crippen MR) is 146 cm³/mol. The van der Waals surface area contributed by atoms with Crippen molar-refractivity contribution >= 4 is 51.0 Å². The molecule has 40 heavy (non-hydrogen) atoms. The van der Waals surface area contributed by atoms with E-state index in [-0.39, 0.29) is 38.1 Å². The number of carbonyl (C=O) groups excluding carboxylic acids is 3. The van der Waals surface area contributed by atoms with Crippen LogP contribution in [0.3, 0.4) is 0 Å². The lowest BCUT2D eigenvalue weighted by atomic mass is 9.82. The smallest absolute Gasteiger partial charge is 0.431 e. The molecule has 16 heteroatoms. The summed E-state index contributed by atoms with van der Waals surface area (Å²) in [5.41, 5.74) is 0.776. The number of nitrogens with zero attached hydrogens (tertiary/aromatic N) is 1. The maximum absolute atomic E-state index is 12.2. The van der Waals surface area contributed by atoms with Gasteiger partial charge in [-0.1, -0.05) is 30.3 Å². The lowest BCUT2D eigenvalue weighted by Crippen LogP contribution is -2.42. The first-order chi connectivity index (χ1) is 19.1. The van der Waals surface area contributed by atoms with Gasteiger partial charge in [-0.3, -0.25) is 23.5 Å². The van der Waals surface area contributed by atoms with E-state index in [1.54, 1.807) is 12.1 Å². The molecule has 1 saturated heterocycles. The van der Waals surface area contributed by atoms with Crippen LogP contribution >= 0.6 is 20.0 Å². The number of phosphoric acid groups is 1. The Labute approximate surface area is 238 Å². The molecule has 0 bridgehead atoms. The van der Waals surface area contributed by atoms with Crippen molar-refractivity contribution in [3.8, 4) is 0 Å². The van der Waals surface area contributed by atoms with Gasteiger partial charge in [0.15, 0.2) is 5.11 Å². The highest BCUT2D eigenvalue weighted by molar-refractivity contribution is 7.80. The van der Waals surface area contributed by atoms with Gasteiger partial charge in [0.05, 0.1) is 0 Å². The quantitative estimate of drug-likeness (QED) is 0.0702. The second kappa shape index (κ2) is 15.3. The Morgan fingerprint density at radius 3 is 2.50 bits per heavy atom. The van der Waals surface area contributed by atoms with E-state index in [4.69, 9.17) is 38.8 Å². The zero-order valence-electron chi connectivity index (χ0n) is 21.8. The van der Waals surface area contributed by atoms with E-state index in [0.717, 1.165) is 17.6 Å². The van der Waals surface area contributed by atoms with Gasteiger partial charge in [0.2, 0.25) is 0 Å². The summed E-state index contributed by atoms with van der Waals surface area (Å²) in [5, 5.41) is 6.24. The first kappa shape index (κ1) is 31.7. The van der Waals surface area contributed by atoms with Gasteiger partial charge >= 0.3 is 14.0 Å². The number of rotatable bonds is 14. The summed E-state index contributed by atoms with van der Waals surface area (Å²) in [6.45, 7) is 0.553. The Kier molecular flexibility index (Phi) is 12.1. The molecule has 2 aliphatic rings. The van der Waals surface area contributed by atoms with Gasteiger partial charge in [-0.25, -0.2) is 9.36 Å². The molecule has 1 aromatic rings. The molecule has 2 radical (unpaired) electrons. The van der Waals surface area contributed by atoms with E-state index < -0.39 is 38.1 Å². The number of benzene rings is 1. The van der Waals surface area contributed by atoms with Crippen LogP contribution in [0.2, 0.25) is 0 Å². The molecule has 1 aromatic carbocycles. The van der Waals surface area contributed by atoms with Crippen LogP contribution in [-0.4, -0.2) is 92.3 Å². The number of imide groups is 1. The Morgan fingerprint density at radius 1 is 1.15 bits per heavy atom. The third kappa shape index (κ3) is 9.68. The molecule has 0 spiro atoms. The molecular weight excluding hydrogens is 564 g/mol. The van der Waals surface area contributed by atoms with E-state index in [9.17, 15) is 23.8 Å². The Balaban J connectivity index is 1.43. The molecule has 2 amide bonds. The monoisotopic (exact) mass is 595 g/mol. The van der Waals surface area contributed by atoms with Gasteiger partial charge < -0.3 is 29.7 Å². The average molecular weight is 595 g/mol. The minimum Gasteiger partial charge on any atom is -0.431 e. The van der Waals surface area contributed by atoms with Crippen LogP contribution in [0.5, 0.6) is 0 Å². The SMILES string of the molecule is [B][C@@H]1O[C@H](COC(=O)OCc2ccccc2)[C@H](OP(=O)(O)OC)C1CCCNC(=S)NCCN1C(=O)C=CC1=O. The highest BCUT2D eigenvalue weighted by Crippen LogP contribution is 2.48. The molecule has 0 aliphatic carbocycles. The molecule has 1 fully saturated rings. The molecular formula is C24H31BN3O10PS. The van der Waals surface area contributed by atoms with Gasteiger partial charge in [-0.2, -0.15) is 0 Å². The van der Waals surface area contributed by atoms with Crippen LogP contribution in [0.4, 0.5) is 4.79 Å². The summed E-state index contributed by atoms with van der Waals surface area (Å²) < 4.78 is 38.0. The number of ether oxygens (including phenoxy) is 3. The standard InChI is InChI=1S/C24H31BN3O10PS/c1-34-39(32,33)38-21-17(8-5-11-26-23(40)27-12-13-28-19(29)9-10-20(28)30)22(25)37-18(21)15-36-24(31)35-14-16-6-3-2-4-7-16/h2-4,6-7,9-10,17-18,21-22H,5,8,11-15H2,1H3,(H,32,33)(H2,26,27,40)/t17?,18-,21-,22-/m1/s1. The summed E-state index contributed by atoms with van der Waals surface area (Å²) in [4.78, 5) is 46.3. The van der Waals surface area contributed by atoms with Crippen LogP contribution in [-0.2, 0) is 44.0 Å². The van der Waals surface area contributed by atoms with Crippen LogP contribution in [0, 0.1) is 5.92 Å². The van der Waals surface area contributed by atoms with Crippen molar-refractivity contribution < 1.29 is 47.1 Å². The van der Waals surface area contributed by atoms with Crippen molar-refractivity contribution in [3.05, 3.63) is 48.0 Å². The zero-order chi connectivity index (χ0) is 29.1. The molecule has 216 valence electrons. The summed E-state index contributed by atoms with van der Waals surface area (Å²) in [5.74, 6) is -1.27. The third-order valence-electron chi connectivity index (χ3n) is 6.11. The third-order valence-corrected chi connectivity index (χ3v) is 7.37. The molecule has 3 N–H and O–H groups in total. The van der Waals surface area contributed by atoms with Crippen molar-refractivity contribution in [2.24, 2.45) is 5.92 Å². The zero-order valence-corrected chi connectivity index (χ0v) is 23.5. The van der Waals surface area contributed by atoms with Gasteiger partial charge in [-0.05, 0) is 30.6 Å². The van der Waals surface area contributed by atoms with E-state index in [1.807, 2.05) is 18.2 Å². The highest BCUT2D eigenvalue weighted by Gasteiger charge is 2.46. The number of carbonyl (C=O) groups is 3. The molecule has 3 rings (SSSR count). The maximum Gasteiger partial charge on any atom is 0.508 e. The summed E-state index contributed by atoms with van der Waals surface area (Å²) in [6, 6.07) is 8.16. The van der Waals surface area contributed by atoms with E-state index >= 15 is 0 Å². The number of thiocarbonyl (C=S) groups is 1. The van der Waals surface area contributed by atoms with Gasteiger partial charge in [-0.15, -0.1) is 0 Å². The maximum atomic E-state index is 12.2. The number of amides is 2. The molecule has 2 aliphatic heterocycles. The minimum atomic E-state index is -4.42. The van der Waals surface area contributed by atoms with Crippen LogP contribution in [0.15, 0.2) is 42.5 Å². The Bertz CT molecular complexity index is 1110. The van der Waals surface area contributed by atoms with Crippen molar-refractivity contribution in [2.75, 3.05) is 33.4 Å². The van der Waals surface area contributed by atoms with Crippen molar-refractivity contribution in [1.82, 2.24) is 15.5 Å². The second-order valence-electron chi connectivity index (χ2n) is 8.85. The van der Waals surface area contributed by atoms with E-state index in [0.29, 0.717) is 24.5 Å². The lowest BCUT2D eigenvalue weighted by molar-refractivity contribution is -0.136. The lowest BCUT2D eigenvalue weighted by Gasteiger charge is -2.25. The minimum absolute atomic E-state index is 0.0121. The van der Waals surface area contributed by atoms with Gasteiger partial charge in [0, 0.05) is 50.8 Å². The second-order valence-corrected chi connectivity index (χ2v) is 10.8. The first-order valence-electron chi connectivity index (χ1n) is 12.5. The topological polar surface area (TPSA) is 162 Å². The largest absolute Gasteiger partial charge is 0.508 e. The van der Waals surface area contributed by atoms with Crippen molar-refractivity contribution in [2.45, 2.75) is 37.7 Å². The van der Waals surface area contributed by atoms with Crippen LogP contribution < -0.4 is 10.6 Å². The van der Waals surface area contributed by atoms with E-state index in [1.165, 1.54) is 12.2 Å². The van der Waals surface area contributed by atoms with Crippen molar-refractivity contribution in [1.29, 1.82) is 0 Å². The van der Waals surface area contributed by atoms with Crippen LogP contribution in [0.1, 0.15) is 18.4 Å². The van der Waals surface area contributed by atoms with Crippen molar-refractivity contribution in [3.63, 3.8) is 0 Å².